The summed E-state index contributed by atoms with van der Waals surface area (Å²) >= 11 is 0. The van der Waals surface area contributed by atoms with Crippen LogP contribution in [0.5, 0.6) is 0 Å². The summed E-state index contributed by atoms with van der Waals surface area (Å²) in [5.41, 5.74) is 0. The number of hydrogen-bond donors (Lipinski definition) is 1. The van der Waals surface area contributed by atoms with Gasteiger partial charge in [0.2, 0.25) is 0 Å². The van der Waals surface area contributed by atoms with Gasteiger partial charge in [-0.05, 0) is 6.42 Å². The number of aliphatic hydroxyl groups is 1. The van der Waals surface area contributed by atoms with Crippen LogP contribution in [0.15, 0.2) is 12.7 Å². The van der Waals surface area contributed by atoms with Gasteiger partial charge in [0.05, 0.1) is 18.6 Å². The molecule has 0 saturated heterocycles. The largest absolute Gasteiger partial charge is 0.392 e. The zero-order chi connectivity index (χ0) is 6.41. The van der Waals surface area contributed by atoms with Crippen LogP contribution in [-0.4, -0.2) is 11.2 Å². The van der Waals surface area contributed by atoms with Gasteiger partial charge in [0.25, 0.3) is 0 Å². The maximum absolute atomic E-state index is 8.76. The Morgan fingerprint density at radius 1 is 1.88 bits per heavy atom. The van der Waals surface area contributed by atoms with Crippen LogP contribution in [0.2, 0.25) is 0 Å². The third kappa shape index (κ3) is 3.38. The second-order valence-electron chi connectivity index (χ2n) is 1.54. The molecule has 0 aromatic carbocycles. The zero-order valence-electron chi connectivity index (χ0n) is 4.67. The highest BCUT2D eigenvalue weighted by molar-refractivity contribution is 4.80. The molecule has 0 radical (unpaired) electrons. The van der Waals surface area contributed by atoms with E-state index < -0.39 is 6.10 Å². The molecule has 1 unspecified atom stereocenters. The van der Waals surface area contributed by atoms with Gasteiger partial charge in [-0.2, -0.15) is 5.26 Å². The Morgan fingerprint density at radius 2 is 2.50 bits per heavy atom. The third-order valence-electron chi connectivity index (χ3n) is 0.766. The van der Waals surface area contributed by atoms with Crippen LogP contribution in [0.1, 0.15) is 12.8 Å². The Kier molecular flexibility index (Phi) is 3.91. The van der Waals surface area contributed by atoms with Gasteiger partial charge in [0, 0.05) is 0 Å². The van der Waals surface area contributed by atoms with Crippen LogP contribution < -0.4 is 0 Å². The SMILES string of the molecule is C=CCC(O)CC#N. The van der Waals surface area contributed by atoms with Crippen molar-refractivity contribution in [2.24, 2.45) is 0 Å². The molecule has 0 aromatic rings. The first-order valence-corrected chi connectivity index (χ1v) is 2.47. The second-order valence-corrected chi connectivity index (χ2v) is 1.54. The van der Waals surface area contributed by atoms with Crippen molar-refractivity contribution in [2.75, 3.05) is 0 Å². The highest BCUT2D eigenvalue weighted by atomic mass is 16.3. The van der Waals surface area contributed by atoms with Gasteiger partial charge >= 0.3 is 0 Å². The first kappa shape index (κ1) is 7.19. The summed E-state index contributed by atoms with van der Waals surface area (Å²) in [6, 6.07) is 1.85. The van der Waals surface area contributed by atoms with Crippen molar-refractivity contribution in [1.29, 1.82) is 5.26 Å². The van der Waals surface area contributed by atoms with Crippen molar-refractivity contribution in [3.63, 3.8) is 0 Å². The zero-order valence-corrected chi connectivity index (χ0v) is 4.67. The van der Waals surface area contributed by atoms with Crippen molar-refractivity contribution in [3.05, 3.63) is 12.7 Å². The standard InChI is InChI=1S/C6H9NO/c1-2-3-6(8)4-5-7/h2,6,8H,1,3-4H2. The highest BCUT2D eigenvalue weighted by Crippen LogP contribution is 1.94. The monoisotopic (exact) mass is 111 g/mol. The fourth-order valence-electron chi connectivity index (χ4n) is 0.381. The molecule has 0 aliphatic rings. The molecule has 0 rings (SSSR count). The molecule has 2 heteroatoms. The summed E-state index contributed by atoms with van der Waals surface area (Å²) in [7, 11) is 0. The average molecular weight is 111 g/mol. The lowest BCUT2D eigenvalue weighted by atomic mass is 10.2. The van der Waals surface area contributed by atoms with Gasteiger partial charge in [-0.15, -0.1) is 6.58 Å². The Bertz CT molecular complexity index is 104. The molecule has 44 valence electrons. The number of nitrogens with zero attached hydrogens (tertiary/aromatic N) is 1. The van der Waals surface area contributed by atoms with Crippen molar-refractivity contribution in [1.82, 2.24) is 0 Å². The average Bonchev–Trinajstić information content (AvgIpc) is 1.68. The van der Waals surface area contributed by atoms with Crippen molar-refractivity contribution in [3.8, 4) is 6.07 Å². The van der Waals surface area contributed by atoms with E-state index in [1.807, 2.05) is 6.07 Å². The molecule has 2 nitrogen and oxygen atoms in total. The first-order valence-electron chi connectivity index (χ1n) is 2.47. The summed E-state index contributed by atoms with van der Waals surface area (Å²) in [4.78, 5) is 0. The fourth-order valence-corrected chi connectivity index (χ4v) is 0.381. The highest BCUT2D eigenvalue weighted by Gasteiger charge is 1.96. The number of hydrogen-bond acceptors (Lipinski definition) is 2. The van der Waals surface area contributed by atoms with Gasteiger partial charge in [0.1, 0.15) is 0 Å². The Morgan fingerprint density at radius 3 is 2.88 bits per heavy atom. The van der Waals surface area contributed by atoms with Gasteiger partial charge in [-0.25, -0.2) is 0 Å². The van der Waals surface area contributed by atoms with Crippen LogP contribution >= 0.6 is 0 Å². The van der Waals surface area contributed by atoms with E-state index in [0.717, 1.165) is 0 Å². The summed E-state index contributed by atoms with van der Waals surface area (Å²) in [5.74, 6) is 0. The lowest BCUT2D eigenvalue weighted by Crippen LogP contribution is -2.01. The summed E-state index contributed by atoms with van der Waals surface area (Å²) in [6.45, 7) is 3.41. The fraction of sp³-hybridized carbons (Fsp3) is 0.500. The summed E-state index contributed by atoms with van der Waals surface area (Å²) in [5, 5.41) is 16.8. The molecule has 1 N–H and O–H groups in total. The van der Waals surface area contributed by atoms with E-state index in [4.69, 9.17) is 10.4 Å². The maximum Gasteiger partial charge on any atom is 0.0704 e. The normalized spacial score (nSPS) is 12.0. The Hall–Kier alpha value is -0.810. The quantitative estimate of drug-likeness (QED) is 0.548. The lowest BCUT2D eigenvalue weighted by Gasteiger charge is -1.97. The van der Waals surface area contributed by atoms with E-state index in [1.165, 1.54) is 0 Å². The molecule has 8 heavy (non-hydrogen) atoms. The molecular weight excluding hydrogens is 102 g/mol. The van der Waals surface area contributed by atoms with E-state index in [1.54, 1.807) is 6.08 Å². The molecule has 1 atom stereocenters. The second kappa shape index (κ2) is 4.35. The molecular formula is C6H9NO. The van der Waals surface area contributed by atoms with Gasteiger partial charge in [-0.3, -0.25) is 0 Å². The molecule has 0 amide bonds. The predicted octanol–water partition coefficient (Wildman–Crippen LogP) is 0.837. The predicted molar refractivity (Wildman–Crippen MR) is 31.1 cm³/mol. The Balaban J connectivity index is 3.20. The first-order chi connectivity index (χ1) is 3.81. The topological polar surface area (TPSA) is 44.0 Å². The van der Waals surface area contributed by atoms with E-state index in [-0.39, 0.29) is 6.42 Å². The third-order valence-corrected chi connectivity index (χ3v) is 0.766. The minimum absolute atomic E-state index is 0.200. The van der Waals surface area contributed by atoms with Gasteiger partial charge < -0.3 is 5.11 Å². The molecule has 0 aromatic heterocycles. The minimum Gasteiger partial charge on any atom is -0.392 e. The van der Waals surface area contributed by atoms with Crippen molar-refractivity contribution in [2.45, 2.75) is 18.9 Å². The maximum atomic E-state index is 8.76. The molecule has 0 saturated carbocycles. The van der Waals surface area contributed by atoms with E-state index in [2.05, 4.69) is 6.58 Å². The Labute approximate surface area is 49.1 Å². The number of aliphatic hydroxyl groups excluding tert-OH is 1. The van der Waals surface area contributed by atoms with Crippen LogP contribution in [-0.2, 0) is 0 Å². The molecule has 0 spiro atoms. The van der Waals surface area contributed by atoms with Crippen LogP contribution in [0.4, 0.5) is 0 Å². The minimum atomic E-state index is -0.516. The van der Waals surface area contributed by atoms with E-state index in [0.29, 0.717) is 6.42 Å². The summed E-state index contributed by atoms with van der Waals surface area (Å²) < 4.78 is 0. The van der Waals surface area contributed by atoms with Gasteiger partial charge in [-0.1, -0.05) is 6.08 Å². The summed E-state index contributed by atoms with van der Waals surface area (Å²) in [6.07, 6.45) is 1.79. The van der Waals surface area contributed by atoms with Crippen molar-refractivity contribution >= 4 is 0 Å². The van der Waals surface area contributed by atoms with E-state index in [9.17, 15) is 0 Å². The molecule has 0 bridgehead atoms. The lowest BCUT2D eigenvalue weighted by molar-refractivity contribution is 0.183. The molecule has 0 heterocycles. The van der Waals surface area contributed by atoms with Gasteiger partial charge in [0.15, 0.2) is 0 Å². The van der Waals surface area contributed by atoms with Crippen LogP contribution in [0.3, 0.4) is 0 Å². The smallest absolute Gasteiger partial charge is 0.0704 e. The van der Waals surface area contributed by atoms with Crippen molar-refractivity contribution < 1.29 is 5.11 Å². The number of rotatable bonds is 3. The van der Waals surface area contributed by atoms with Crippen LogP contribution in [0, 0.1) is 11.3 Å². The molecule has 0 aliphatic carbocycles. The van der Waals surface area contributed by atoms with Crippen LogP contribution in [0.25, 0.3) is 0 Å². The number of nitriles is 1. The van der Waals surface area contributed by atoms with E-state index >= 15 is 0 Å². The molecule has 0 aliphatic heterocycles. The molecule has 0 fully saturated rings.